The summed E-state index contributed by atoms with van der Waals surface area (Å²) in [5, 5.41) is 18.1. The Labute approximate surface area is 312 Å². The number of unbranched alkanes of at least 4 members (excludes halogenated alkanes) is 1. The van der Waals surface area contributed by atoms with E-state index in [1.807, 2.05) is 0 Å². The normalized spacial score (nSPS) is 24.0. The van der Waals surface area contributed by atoms with Crippen molar-refractivity contribution in [3.05, 3.63) is 56.1 Å². The number of rotatable bonds is 17. The number of carbonyl (C=O) groups excluding carboxylic acids is 2. The summed E-state index contributed by atoms with van der Waals surface area (Å²) in [5.74, 6) is -3.87. The number of carbonyl (C=O) groups is 4. The largest absolute Gasteiger partial charge is 0.492 e. The minimum Gasteiger partial charge on any atom is -0.492 e. The van der Waals surface area contributed by atoms with Crippen LogP contribution in [-0.4, -0.2) is 46.9 Å². The highest BCUT2D eigenvalue weighted by atomic mass is 35.5. The summed E-state index contributed by atoms with van der Waals surface area (Å²) < 4.78 is 41.7. The fourth-order valence-corrected chi connectivity index (χ4v) is 10.0. The van der Waals surface area contributed by atoms with Gasteiger partial charge in [-0.25, -0.2) is 4.39 Å². The van der Waals surface area contributed by atoms with Crippen LogP contribution in [0.2, 0.25) is 10.0 Å². The highest BCUT2D eigenvalue weighted by Crippen LogP contribution is 2.54. The van der Waals surface area contributed by atoms with E-state index < -0.39 is 29.0 Å². The molecular weight excluding hydrogens is 717 g/mol. The molecule has 0 spiro atoms. The van der Waals surface area contributed by atoms with E-state index in [9.17, 15) is 19.2 Å². The van der Waals surface area contributed by atoms with Crippen molar-refractivity contribution in [2.75, 3.05) is 13.2 Å². The fraction of sp³-hybridized carbons (Fsp3) is 0.600. The van der Waals surface area contributed by atoms with Crippen LogP contribution >= 0.6 is 23.2 Å². The molecule has 2 saturated carbocycles. The minimum absolute atomic E-state index is 0.0141. The Morgan fingerprint density at radius 1 is 0.808 bits per heavy atom. The number of ether oxygens (including phenoxy) is 2. The number of halogens is 4. The van der Waals surface area contributed by atoms with Gasteiger partial charge in [-0.3, -0.25) is 19.2 Å². The molecule has 282 valence electrons. The smallest absolute Gasteiger partial charge is 0.303 e. The van der Waals surface area contributed by atoms with Crippen LogP contribution in [-0.2, 0) is 22.4 Å². The van der Waals surface area contributed by atoms with Crippen LogP contribution in [0.15, 0.2) is 12.1 Å². The zero-order valence-electron chi connectivity index (χ0n) is 29.3. The van der Waals surface area contributed by atoms with Crippen molar-refractivity contribution >= 4 is 46.7 Å². The summed E-state index contributed by atoms with van der Waals surface area (Å²) in [6.45, 7) is 0.108. The molecule has 0 saturated heterocycles. The molecule has 52 heavy (non-hydrogen) atoms. The predicted molar refractivity (Wildman–Crippen MR) is 191 cm³/mol. The van der Waals surface area contributed by atoms with E-state index in [2.05, 4.69) is 0 Å². The van der Waals surface area contributed by atoms with Gasteiger partial charge in [-0.05, 0) is 98.8 Å². The molecule has 2 aromatic rings. The van der Waals surface area contributed by atoms with Gasteiger partial charge in [-0.15, -0.1) is 0 Å². The Bertz CT molecular complexity index is 1720. The Hall–Kier alpha value is -3.24. The average molecular weight is 764 g/mol. The molecule has 4 atom stereocenters. The third kappa shape index (κ3) is 7.84. The second-order valence-electron chi connectivity index (χ2n) is 15.3. The summed E-state index contributed by atoms with van der Waals surface area (Å²) in [6.07, 6.45) is 11.1. The first-order chi connectivity index (χ1) is 24.9. The molecule has 2 N–H and O–H groups in total. The lowest BCUT2D eigenvalue weighted by Crippen LogP contribution is -2.35. The van der Waals surface area contributed by atoms with Gasteiger partial charge in [0.05, 0.1) is 23.8 Å². The molecule has 4 aliphatic rings. The molecule has 0 aliphatic heterocycles. The van der Waals surface area contributed by atoms with E-state index in [-0.39, 0.29) is 83.2 Å². The Morgan fingerprint density at radius 2 is 1.46 bits per heavy atom. The Balaban J connectivity index is 1.05. The molecule has 2 aromatic carbocycles. The molecule has 0 aromatic heterocycles. The summed E-state index contributed by atoms with van der Waals surface area (Å²) >= 11 is 13.1. The Morgan fingerprint density at radius 3 is 2.13 bits per heavy atom. The molecule has 12 heteroatoms. The van der Waals surface area contributed by atoms with Gasteiger partial charge < -0.3 is 19.7 Å². The first-order valence-corrected chi connectivity index (χ1v) is 19.5. The molecular formula is C40H46Cl2F2O8. The number of aliphatic carboxylic acids is 2. The molecule has 6 rings (SSSR count). The molecule has 0 bridgehead atoms. The van der Waals surface area contributed by atoms with Crippen LogP contribution in [0.4, 0.5) is 8.78 Å². The molecule has 4 aliphatic carbocycles. The summed E-state index contributed by atoms with van der Waals surface area (Å²) in [7, 11) is 0. The standard InChI is InChI=1S/C40H46Cl2F2O8/c41-34-28(51-15-5-10-30(45)46)19-24-18-27(38(49)32(24)35(34)42)23-13-12-22(17-23)7-3-4-14-40(26-8-1-2-9-26)21-25-20-29(52-16-6-11-31(47)48)36(43)37(44)33(25)39(40)50/h19-20,22-23,26-27H,1-18,21H2,(H,45,46)(H,47,48). The quantitative estimate of drug-likeness (QED) is 0.153. The van der Waals surface area contributed by atoms with Crippen LogP contribution in [0.25, 0.3) is 0 Å². The van der Waals surface area contributed by atoms with Crippen LogP contribution in [0.1, 0.15) is 128 Å². The number of benzene rings is 2. The van der Waals surface area contributed by atoms with E-state index >= 15 is 8.78 Å². The number of hydrogen-bond acceptors (Lipinski definition) is 6. The van der Waals surface area contributed by atoms with Crippen LogP contribution in [0.3, 0.4) is 0 Å². The van der Waals surface area contributed by atoms with Crippen LogP contribution in [0, 0.1) is 40.7 Å². The van der Waals surface area contributed by atoms with Gasteiger partial charge in [0.15, 0.2) is 23.1 Å². The van der Waals surface area contributed by atoms with Crippen molar-refractivity contribution in [3.8, 4) is 11.5 Å². The van der Waals surface area contributed by atoms with E-state index in [4.69, 9.17) is 42.9 Å². The van der Waals surface area contributed by atoms with Crippen molar-refractivity contribution in [3.63, 3.8) is 0 Å². The van der Waals surface area contributed by atoms with Gasteiger partial charge in [0, 0.05) is 29.7 Å². The second-order valence-corrected chi connectivity index (χ2v) is 16.0. The highest BCUT2D eigenvalue weighted by Gasteiger charge is 2.52. The van der Waals surface area contributed by atoms with Crippen LogP contribution in [0.5, 0.6) is 11.5 Å². The number of carboxylic acids is 2. The van der Waals surface area contributed by atoms with Gasteiger partial charge in [-0.1, -0.05) is 61.7 Å². The van der Waals surface area contributed by atoms with Crippen molar-refractivity contribution < 1.29 is 47.6 Å². The van der Waals surface area contributed by atoms with Crippen molar-refractivity contribution in [1.29, 1.82) is 0 Å². The first kappa shape index (κ1) is 38.5. The number of Topliss-reactive ketones (excluding diaryl/α,β-unsaturated/α-hetero) is 2. The monoisotopic (exact) mass is 762 g/mol. The van der Waals surface area contributed by atoms with Crippen molar-refractivity contribution in [2.45, 2.75) is 109 Å². The number of carboxylic acid groups (broad SMARTS) is 2. The Kier molecular flexibility index (Phi) is 12.1. The number of hydrogen-bond donors (Lipinski definition) is 2. The van der Waals surface area contributed by atoms with Gasteiger partial charge in [-0.2, -0.15) is 4.39 Å². The minimum atomic E-state index is -1.20. The maximum atomic E-state index is 15.5. The summed E-state index contributed by atoms with van der Waals surface area (Å²) in [5.41, 5.74) is 0.831. The van der Waals surface area contributed by atoms with E-state index in [1.165, 1.54) is 6.07 Å². The molecule has 4 unspecified atom stereocenters. The highest BCUT2D eigenvalue weighted by molar-refractivity contribution is 6.45. The third-order valence-electron chi connectivity index (χ3n) is 12.1. The van der Waals surface area contributed by atoms with E-state index in [1.54, 1.807) is 6.07 Å². The zero-order valence-corrected chi connectivity index (χ0v) is 30.8. The molecule has 0 heterocycles. The molecule has 2 fully saturated rings. The lowest BCUT2D eigenvalue weighted by Gasteiger charge is -2.34. The topological polar surface area (TPSA) is 127 Å². The van der Waals surface area contributed by atoms with E-state index in [0.717, 1.165) is 69.8 Å². The lowest BCUT2D eigenvalue weighted by atomic mass is 9.68. The van der Waals surface area contributed by atoms with Gasteiger partial charge in [0.2, 0.25) is 5.82 Å². The first-order valence-electron chi connectivity index (χ1n) is 18.7. The van der Waals surface area contributed by atoms with Crippen molar-refractivity contribution in [2.24, 2.45) is 29.1 Å². The second kappa shape index (κ2) is 16.4. The van der Waals surface area contributed by atoms with Gasteiger partial charge >= 0.3 is 11.9 Å². The predicted octanol–water partition coefficient (Wildman–Crippen LogP) is 9.71. The summed E-state index contributed by atoms with van der Waals surface area (Å²) in [4.78, 5) is 49.3. The number of fused-ring (bicyclic) bond motifs is 2. The zero-order chi connectivity index (χ0) is 37.2. The molecule has 0 amide bonds. The van der Waals surface area contributed by atoms with Gasteiger partial charge in [0.1, 0.15) is 10.8 Å². The SMILES string of the molecule is O=C(O)CCCOc1cc2c(c(F)c1F)C(=O)C(CCCCC1CCC(C3Cc4cc(OCCCC(=O)O)c(Cl)c(Cl)c4C3=O)C1)(C1CCCC1)C2. The fourth-order valence-electron chi connectivity index (χ4n) is 9.53. The maximum absolute atomic E-state index is 15.5. The maximum Gasteiger partial charge on any atom is 0.303 e. The van der Waals surface area contributed by atoms with Crippen LogP contribution < -0.4 is 9.47 Å². The average Bonchev–Trinajstić information content (AvgIpc) is 3.91. The van der Waals surface area contributed by atoms with Crippen molar-refractivity contribution in [1.82, 2.24) is 0 Å². The lowest BCUT2D eigenvalue weighted by molar-refractivity contribution is -0.138. The van der Waals surface area contributed by atoms with Gasteiger partial charge in [0.25, 0.3) is 0 Å². The summed E-state index contributed by atoms with van der Waals surface area (Å²) in [6, 6.07) is 3.22. The van der Waals surface area contributed by atoms with E-state index in [0.29, 0.717) is 48.5 Å². The molecule has 0 radical (unpaired) electrons. The third-order valence-corrected chi connectivity index (χ3v) is 12.9. The molecule has 8 nitrogen and oxygen atoms in total. The number of ketones is 2.